The first-order valence-electron chi connectivity index (χ1n) is 7.93. The van der Waals surface area contributed by atoms with Gasteiger partial charge in [0, 0.05) is 0 Å². The summed E-state index contributed by atoms with van der Waals surface area (Å²) in [6.45, 7) is 6.91. The van der Waals surface area contributed by atoms with Crippen molar-refractivity contribution in [3.8, 4) is 16.9 Å². The molecule has 0 unspecified atom stereocenters. The Morgan fingerprint density at radius 1 is 0.810 bits per heavy atom. The first-order chi connectivity index (χ1) is 10.0. The molecule has 1 nitrogen and oxygen atoms in total. The molecule has 0 fully saturated rings. The molecule has 2 rings (SSSR count). The van der Waals surface area contributed by atoms with Crippen LogP contribution in [-0.2, 0) is 5.41 Å². The van der Waals surface area contributed by atoms with Gasteiger partial charge in [0.15, 0.2) is 0 Å². The third-order valence-corrected chi connectivity index (χ3v) is 4.27. The van der Waals surface area contributed by atoms with Gasteiger partial charge in [0.1, 0.15) is 5.75 Å². The van der Waals surface area contributed by atoms with Crippen molar-refractivity contribution in [2.45, 2.75) is 51.9 Å². The molecule has 0 radical (unpaired) electrons. The smallest absolute Gasteiger partial charge is 0.115 e. The quantitative estimate of drug-likeness (QED) is 0.652. The van der Waals surface area contributed by atoms with Gasteiger partial charge in [0.2, 0.25) is 0 Å². The van der Waals surface area contributed by atoms with Crippen LogP contribution < -0.4 is 0 Å². The lowest BCUT2D eigenvalue weighted by Crippen LogP contribution is -2.16. The van der Waals surface area contributed by atoms with E-state index < -0.39 is 0 Å². The monoisotopic (exact) mass is 282 g/mol. The van der Waals surface area contributed by atoms with Crippen LogP contribution >= 0.6 is 0 Å². The van der Waals surface area contributed by atoms with E-state index >= 15 is 0 Å². The van der Waals surface area contributed by atoms with Gasteiger partial charge in [-0.1, -0.05) is 76.4 Å². The van der Waals surface area contributed by atoms with Crippen molar-refractivity contribution in [2.24, 2.45) is 0 Å². The lowest BCUT2D eigenvalue weighted by Gasteiger charge is -2.25. The second-order valence-corrected chi connectivity index (χ2v) is 6.47. The number of aromatic hydroxyl groups is 1. The van der Waals surface area contributed by atoms with E-state index in [0.29, 0.717) is 5.75 Å². The van der Waals surface area contributed by atoms with Gasteiger partial charge in [-0.25, -0.2) is 0 Å². The van der Waals surface area contributed by atoms with Crippen molar-refractivity contribution >= 4 is 0 Å². The maximum atomic E-state index is 9.36. The first kappa shape index (κ1) is 15.6. The molecule has 0 atom stereocenters. The summed E-state index contributed by atoms with van der Waals surface area (Å²) in [5.41, 5.74) is 3.98. The summed E-state index contributed by atoms with van der Waals surface area (Å²) in [6, 6.07) is 16.2. The number of hydrogen-bond donors (Lipinski definition) is 1. The Kier molecular flexibility index (Phi) is 5.06. The Morgan fingerprint density at radius 2 is 1.33 bits per heavy atom. The molecule has 1 heteroatoms. The number of rotatable bonds is 6. The summed E-state index contributed by atoms with van der Waals surface area (Å²) in [6.07, 6.45) is 5.12. The van der Waals surface area contributed by atoms with Crippen molar-refractivity contribution in [1.29, 1.82) is 0 Å². The van der Waals surface area contributed by atoms with Crippen molar-refractivity contribution in [3.63, 3.8) is 0 Å². The van der Waals surface area contributed by atoms with Crippen LogP contribution in [0.15, 0.2) is 48.5 Å². The predicted octanol–water partition coefficient (Wildman–Crippen LogP) is 5.92. The van der Waals surface area contributed by atoms with Crippen LogP contribution in [0, 0.1) is 0 Å². The molecule has 0 aromatic heterocycles. The van der Waals surface area contributed by atoms with Crippen LogP contribution in [0.4, 0.5) is 0 Å². The Bertz CT molecular complexity index is 549. The highest BCUT2D eigenvalue weighted by Crippen LogP contribution is 2.31. The van der Waals surface area contributed by atoms with Crippen LogP contribution in [-0.4, -0.2) is 5.11 Å². The van der Waals surface area contributed by atoms with Crippen molar-refractivity contribution in [1.82, 2.24) is 0 Å². The number of phenols is 1. The summed E-state index contributed by atoms with van der Waals surface area (Å²) in [7, 11) is 0. The van der Waals surface area contributed by atoms with Crippen LogP contribution in [0.2, 0.25) is 0 Å². The zero-order valence-electron chi connectivity index (χ0n) is 13.4. The highest BCUT2D eigenvalue weighted by Gasteiger charge is 2.19. The number of unbranched alkanes of at least 4 members (excludes halogenated alkanes) is 2. The lowest BCUT2D eigenvalue weighted by atomic mass is 9.79. The van der Waals surface area contributed by atoms with E-state index in [0.717, 1.165) is 5.56 Å². The first-order valence-corrected chi connectivity index (χ1v) is 7.93. The SMILES string of the molecule is CCCCCC(C)(C)c1ccc(-c2ccc(O)cc2)cc1. The minimum atomic E-state index is 0.239. The second-order valence-electron chi connectivity index (χ2n) is 6.47. The van der Waals surface area contributed by atoms with E-state index in [1.165, 1.54) is 36.8 Å². The molecule has 2 aromatic rings. The summed E-state index contributed by atoms with van der Waals surface area (Å²) in [5, 5.41) is 9.36. The van der Waals surface area contributed by atoms with E-state index in [4.69, 9.17) is 0 Å². The van der Waals surface area contributed by atoms with Gasteiger partial charge in [-0.05, 0) is 40.7 Å². The van der Waals surface area contributed by atoms with E-state index in [1.807, 2.05) is 12.1 Å². The zero-order valence-corrected chi connectivity index (χ0v) is 13.4. The minimum absolute atomic E-state index is 0.239. The average molecular weight is 282 g/mol. The molecule has 0 aliphatic carbocycles. The fourth-order valence-electron chi connectivity index (χ4n) is 2.73. The number of phenolic OH excluding ortho intramolecular Hbond substituents is 1. The fourth-order valence-corrected chi connectivity index (χ4v) is 2.73. The van der Waals surface area contributed by atoms with Gasteiger partial charge in [0.25, 0.3) is 0 Å². The summed E-state index contributed by atoms with van der Waals surface area (Å²) in [5.74, 6) is 0.312. The fraction of sp³-hybridized carbons (Fsp3) is 0.400. The van der Waals surface area contributed by atoms with Crippen molar-refractivity contribution in [3.05, 3.63) is 54.1 Å². The summed E-state index contributed by atoms with van der Waals surface area (Å²) in [4.78, 5) is 0. The maximum Gasteiger partial charge on any atom is 0.115 e. The molecule has 112 valence electrons. The van der Waals surface area contributed by atoms with Gasteiger partial charge >= 0.3 is 0 Å². The van der Waals surface area contributed by atoms with Gasteiger partial charge in [-0.3, -0.25) is 0 Å². The third kappa shape index (κ3) is 4.10. The molecule has 2 aromatic carbocycles. The predicted molar refractivity (Wildman–Crippen MR) is 90.7 cm³/mol. The van der Waals surface area contributed by atoms with Crippen LogP contribution in [0.1, 0.15) is 52.0 Å². The molecule has 0 bridgehead atoms. The van der Waals surface area contributed by atoms with Crippen LogP contribution in [0.5, 0.6) is 5.75 Å². The highest BCUT2D eigenvalue weighted by molar-refractivity contribution is 5.64. The standard InChI is InChI=1S/C20H26O/c1-4-5-6-15-20(2,3)18-11-7-16(8-12-18)17-9-13-19(21)14-10-17/h7-14,21H,4-6,15H2,1-3H3. The average Bonchev–Trinajstić information content (AvgIpc) is 2.48. The molecule has 0 saturated carbocycles. The molecule has 0 aliphatic rings. The molecular formula is C20H26O. The number of benzene rings is 2. The Morgan fingerprint density at radius 3 is 1.86 bits per heavy atom. The third-order valence-electron chi connectivity index (χ3n) is 4.27. The highest BCUT2D eigenvalue weighted by atomic mass is 16.3. The van der Waals surface area contributed by atoms with E-state index in [1.54, 1.807) is 12.1 Å². The second kappa shape index (κ2) is 6.80. The lowest BCUT2D eigenvalue weighted by molar-refractivity contribution is 0.450. The van der Waals surface area contributed by atoms with Gasteiger partial charge < -0.3 is 5.11 Å². The van der Waals surface area contributed by atoms with E-state index in [-0.39, 0.29) is 5.41 Å². The normalized spacial score (nSPS) is 11.6. The Balaban J connectivity index is 2.12. The molecule has 0 heterocycles. The molecule has 0 spiro atoms. The molecule has 1 N–H and O–H groups in total. The zero-order chi connectivity index (χ0) is 15.3. The summed E-state index contributed by atoms with van der Waals surface area (Å²) < 4.78 is 0. The topological polar surface area (TPSA) is 20.2 Å². The largest absolute Gasteiger partial charge is 0.508 e. The van der Waals surface area contributed by atoms with Crippen LogP contribution in [0.3, 0.4) is 0 Å². The van der Waals surface area contributed by atoms with E-state index in [9.17, 15) is 5.11 Å². The molecular weight excluding hydrogens is 256 g/mol. The molecule has 0 saturated heterocycles. The minimum Gasteiger partial charge on any atom is -0.508 e. The van der Waals surface area contributed by atoms with E-state index in [2.05, 4.69) is 45.0 Å². The Hall–Kier alpha value is -1.76. The Labute approximate surface area is 128 Å². The molecule has 0 amide bonds. The van der Waals surface area contributed by atoms with Gasteiger partial charge in [-0.15, -0.1) is 0 Å². The van der Waals surface area contributed by atoms with Crippen LogP contribution in [0.25, 0.3) is 11.1 Å². The molecule has 21 heavy (non-hydrogen) atoms. The van der Waals surface area contributed by atoms with Crippen molar-refractivity contribution < 1.29 is 5.11 Å². The number of hydrogen-bond acceptors (Lipinski definition) is 1. The summed E-state index contributed by atoms with van der Waals surface area (Å²) >= 11 is 0. The van der Waals surface area contributed by atoms with Gasteiger partial charge in [-0.2, -0.15) is 0 Å². The van der Waals surface area contributed by atoms with Crippen molar-refractivity contribution in [2.75, 3.05) is 0 Å². The van der Waals surface area contributed by atoms with Gasteiger partial charge in [0.05, 0.1) is 0 Å². The maximum absolute atomic E-state index is 9.36. The molecule has 0 aliphatic heterocycles.